The maximum Gasteiger partial charge on any atom is 0.231 e. The molecule has 0 saturated carbocycles. The van der Waals surface area contributed by atoms with Crippen molar-refractivity contribution in [1.82, 2.24) is 0 Å². The van der Waals surface area contributed by atoms with Gasteiger partial charge in [0.1, 0.15) is 18.1 Å². The third-order valence-electron chi connectivity index (χ3n) is 3.57. The van der Waals surface area contributed by atoms with Gasteiger partial charge in [0.15, 0.2) is 5.76 Å². The summed E-state index contributed by atoms with van der Waals surface area (Å²) in [7, 11) is 3.83. The van der Waals surface area contributed by atoms with Crippen LogP contribution in [-0.2, 0) is 6.54 Å². The van der Waals surface area contributed by atoms with E-state index in [1.165, 1.54) is 30.3 Å². The molecule has 0 aliphatic carbocycles. The molecular weight excluding hydrogens is 297 g/mol. The highest BCUT2D eigenvalue weighted by atomic mass is 19.1. The number of rotatable bonds is 3. The molecule has 0 fully saturated rings. The highest BCUT2D eigenvalue weighted by molar-refractivity contribution is 6.14. The Labute approximate surface area is 133 Å². The summed E-state index contributed by atoms with van der Waals surface area (Å²) in [5.74, 6) is -0.400. The molecule has 0 atom stereocenters. The second-order valence-corrected chi connectivity index (χ2v) is 5.80. The smallest absolute Gasteiger partial charge is 0.231 e. The number of carbonyl (C=O) groups is 1. The predicted octanol–water partition coefficient (Wildman–Crippen LogP) is 1.16. The van der Waals surface area contributed by atoms with Gasteiger partial charge >= 0.3 is 0 Å². The molecule has 5 heteroatoms. The molecule has 0 spiro atoms. The minimum atomic E-state index is -0.388. The summed E-state index contributed by atoms with van der Waals surface area (Å²) in [6, 6.07) is 8.77. The first-order chi connectivity index (χ1) is 11.0. The zero-order valence-electron chi connectivity index (χ0n) is 12.9. The fourth-order valence-corrected chi connectivity index (χ4v) is 2.56. The lowest BCUT2D eigenvalue weighted by atomic mass is 10.0. The molecule has 2 aromatic carbocycles. The Balaban J connectivity index is 2.02. The highest BCUT2D eigenvalue weighted by Crippen LogP contribution is 2.38. The van der Waals surface area contributed by atoms with Gasteiger partial charge in [-0.25, -0.2) is 4.39 Å². The number of hydrogen-bond donors (Lipinski definition) is 1. The number of hydrogen-bond acceptors (Lipinski definition) is 3. The van der Waals surface area contributed by atoms with E-state index in [0.717, 1.165) is 4.90 Å². The van der Waals surface area contributed by atoms with Gasteiger partial charge in [-0.15, -0.1) is 0 Å². The summed E-state index contributed by atoms with van der Waals surface area (Å²) in [5.41, 5.74) is 1.39. The molecule has 0 radical (unpaired) electrons. The second kappa shape index (κ2) is 5.85. The SMILES string of the molecule is C[NH+](C)Cc1c([O-])ccc2c1O/C(=C\c1cccc(F)c1)C2=O. The lowest BCUT2D eigenvalue weighted by Gasteiger charge is -2.17. The summed E-state index contributed by atoms with van der Waals surface area (Å²) >= 11 is 0. The van der Waals surface area contributed by atoms with Gasteiger partial charge in [0.2, 0.25) is 5.78 Å². The van der Waals surface area contributed by atoms with Crippen molar-refractivity contribution in [3.05, 3.63) is 64.7 Å². The van der Waals surface area contributed by atoms with E-state index in [0.29, 0.717) is 29.0 Å². The molecule has 1 aliphatic heterocycles. The van der Waals surface area contributed by atoms with Crippen molar-refractivity contribution in [3.8, 4) is 11.5 Å². The average Bonchev–Trinajstić information content (AvgIpc) is 2.79. The van der Waals surface area contributed by atoms with Crippen LogP contribution in [0.1, 0.15) is 21.5 Å². The standard InChI is InChI=1S/C18H16FNO3/c1-20(2)10-14-15(21)7-6-13-17(22)16(23-18(13)14)9-11-4-3-5-12(19)8-11/h3-9,21H,10H2,1-2H3/b16-9-. The van der Waals surface area contributed by atoms with Gasteiger partial charge in [-0.3, -0.25) is 4.79 Å². The Bertz CT molecular complexity index is 812. The van der Waals surface area contributed by atoms with Gasteiger partial charge in [-0.05, 0) is 29.8 Å². The molecule has 118 valence electrons. The molecule has 0 bridgehead atoms. The number of Topliss-reactive ketones (excluding diaryl/α,β-unsaturated/α-hetero) is 1. The molecule has 1 aliphatic rings. The van der Waals surface area contributed by atoms with E-state index in [1.54, 1.807) is 12.1 Å². The van der Waals surface area contributed by atoms with Crippen LogP contribution in [-0.4, -0.2) is 19.9 Å². The van der Waals surface area contributed by atoms with E-state index in [-0.39, 0.29) is 23.1 Å². The van der Waals surface area contributed by atoms with E-state index in [4.69, 9.17) is 4.74 Å². The molecule has 0 aromatic heterocycles. The zero-order chi connectivity index (χ0) is 16.6. The predicted molar refractivity (Wildman–Crippen MR) is 81.7 cm³/mol. The van der Waals surface area contributed by atoms with Gasteiger partial charge in [-0.1, -0.05) is 23.9 Å². The number of quaternary nitrogens is 1. The van der Waals surface area contributed by atoms with Crippen molar-refractivity contribution in [3.63, 3.8) is 0 Å². The number of allylic oxidation sites excluding steroid dienone is 1. The molecule has 3 rings (SSSR count). The molecule has 0 unspecified atom stereocenters. The zero-order valence-corrected chi connectivity index (χ0v) is 12.9. The number of nitrogens with one attached hydrogen (secondary N) is 1. The van der Waals surface area contributed by atoms with Crippen LogP contribution in [0.4, 0.5) is 4.39 Å². The minimum absolute atomic E-state index is 0.103. The molecule has 2 aromatic rings. The van der Waals surface area contributed by atoms with E-state index in [9.17, 15) is 14.3 Å². The van der Waals surface area contributed by atoms with Gasteiger partial charge in [-0.2, -0.15) is 0 Å². The fraction of sp³-hybridized carbons (Fsp3) is 0.167. The monoisotopic (exact) mass is 313 g/mol. The van der Waals surface area contributed by atoms with Crippen LogP contribution in [0.25, 0.3) is 6.08 Å². The van der Waals surface area contributed by atoms with Crippen LogP contribution in [0.5, 0.6) is 11.5 Å². The van der Waals surface area contributed by atoms with E-state index in [2.05, 4.69) is 0 Å². The van der Waals surface area contributed by atoms with Crippen LogP contribution < -0.4 is 14.7 Å². The normalized spacial score (nSPS) is 15.1. The second-order valence-electron chi connectivity index (χ2n) is 5.80. The van der Waals surface area contributed by atoms with Crippen LogP contribution in [0.2, 0.25) is 0 Å². The van der Waals surface area contributed by atoms with E-state index < -0.39 is 0 Å². The molecule has 1 heterocycles. The summed E-state index contributed by atoms with van der Waals surface area (Å²) < 4.78 is 18.9. The minimum Gasteiger partial charge on any atom is -0.872 e. The first-order valence-electron chi connectivity index (χ1n) is 7.27. The molecule has 23 heavy (non-hydrogen) atoms. The van der Waals surface area contributed by atoms with Crippen LogP contribution in [0, 0.1) is 5.82 Å². The quantitative estimate of drug-likeness (QED) is 0.865. The number of fused-ring (bicyclic) bond motifs is 1. The summed E-state index contributed by atoms with van der Waals surface area (Å²) in [6.45, 7) is 0.461. The first-order valence-corrected chi connectivity index (χ1v) is 7.27. The summed E-state index contributed by atoms with van der Waals surface area (Å²) in [6.07, 6.45) is 1.49. The number of benzene rings is 2. The fourth-order valence-electron chi connectivity index (χ4n) is 2.56. The van der Waals surface area contributed by atoms with Crippen molar-refractivity contribution in [2.75, 3.05) is 14.1 Å². The molecule has 1 N–H and O–H groups in total. The lowest BCUT2D eigenvalue weighted by molar-refractivity contribution is -0.872. The van der Waals surface area contributed by atoms with Crippen LogP contribution >= 0.6 is 0 Å². The molecule has 0 amide bonds. The summed E-state index contributed by atoms with van der Waals surface area (Å²) in [4.78, 5) is 13.5. The van der Waals surface area contributed by atoms with Crippen molar-refractivity contribution >= 4 is 11.9 Å². The first kappa shape index (κ1) is 15.2. The molecular formula is C18H16FNO3. The van der Waals surface area contributed by atoms with Crippen molar-refractivity contribution in [2.45, 2.75) is 6.54 Å². The van der Waals surface area contributed by atoms with E-state index in [1.807, 2.05) is 14.1 Å². The number of halogens is 1. The van der Waals surface area contributed by atoms with Gasteiger partial charge < -0.3 is 14.7 Å². The van der Waals surface area contributed by atoms with Gasteiger partial charge in [0.05, 0.1) is 19.7 Å². The third kappa shape index (κ3) is 2.96. The molecule has 4 nitrogen and oxygen atoms in total. The van der Waals surface area contributed by atoms with Gasteiger partial charge in [0.25, 0.3) is 0 Å². The molecule has 0 saturated heterocycles. The lowest BCUT2D eigenvalue weighted by Crippen LogP contribution is -3.04. The highest BCUT2D eigenvalue weighted by Gasteiger charge is 2.30. The van der Waals surface area contributed by atoms with Crippen molar-refractivity contribution in [2.24, 2.45) is 0 Å². The maximum atomic E-state index is 13.3. The number of ketones is 1. The Kier molecular flexibility index (Phi) is 3.88. The Morgan fingerprint density at radius 2 is 2.04 bits per heavy atom. The van der Waals surface area contributed by atoms with Crippen molar-refractivity contribution in [1.29, 1.82) is 0 Å². The van der Waals surface area contributed by atoms with Crippen molar-refractivity contribution < 1.29 is 23.9 Å². The Morgan fingerprint density at radius 1 is 1.26 bits per heavy atom. The third-order valence-corrected chi connectivity index (χ3v) is 3.57. The number of carbonyl (C=O) groups excluding carboxylic acids is 1. The Hall–Kier alpha value is -2.66. The maximum absolute atomic E-state index is 13.3. The average molecular weight is 313 g/mol. The Morgan fingerprint density at radius 3 is 2.74 bits per heavy atom. The van der Waals surface area contributed by atoms with Gasteiger partial charge in [0, 0.05) is 5.56 Å². The topological polar surface area (TPSA) is 53.8 Å². The van der Waals surface area contributed by atoms with Crippen LogP contribution in [0.3, 0.4) is 0 Å². The van der Waals surface area contributed by atoms with Crippen LogP contribution in [0.15, 0.2) is 42.2 Å². The summed E-state index contributed by atoms with van der Waals surface area (Å²) in [5, 5.41) is 12.1. The number of ether oxygens (including phenoxy) is 1. The van der Waals surface area contributed by atoms with E-state index >= 15 is 0 Å². The largest absolute Gasteiger partial charge is 0.872 e.